The number of ether oxygens (including phenoxy) is 1. The van der Waals surface area contributed by atoms with Gasteiger partial charge in [0.15, 0.2) is 0 Å². The number of alkyl halides is 2. The quantitative estimate of drug-likeness (QED) is 0.565. The molecule has 5 rings (SSSR count). The van der Waals surface area contributed by atoms with Crippen LogP contribution in [0.4, 0.5) is 8.78 Å². The molecule has 0 heterocycles. The molecule has 1 aromatic carbocycles. The van der Waals surface area contributed by atoms with E-state index in [1.807, 2.05) is 6.08 Å². The maximum absolute atomic E-state index is 12.4. The second kappa shape index (κ2) is 7.95. The Morgan fingerprint density at radius 3 is 2.50 bits per heavy atom. The smallest absolute Gasteiger partial charge is 0.387 e. The number of rotatable bonds is 3. The lowest BCUT2D eigenvalue weighted by Gasteiger charge is -2.57. The Morgan fingerprint density at radius 1 is 1.03 bits per heavy atom. The maximum Gasteiger partial charge on any atom is 0.387 e. The molecule has 3 saturated carbocycles. The van der Waals surface area contributed by atoms with Crippen LogP contribution in [0.2, 0.25) is 0 Å². The molecule has 174 valence electrons. The van der Waals surface area contributed by atoms with Gasteiger partial charge in [0.05, 0.1) is 12.2 Å². The van der Waals surface area contributed by atoms with E-state index in [-0.39, 0.29) is 22.7 Å². The van der Waals surface area contributed by atoms with Gasteiger partial charge in [-0.1, -0.05) is 43.7 Å². The van der Waals surface area contributed by atoms with E-state index in [2.05, 4.69) is 24.7 Å². The number of hydrogen-bond acceptors (Lipinski definition) is 3. The van der Waals surface area contributed by atoms with Gasteiger partial charge in [0.2, 0.25) is 0 Å². The molecule has 0 saturated heterocycles. The van der Waals surface area contributed by atoms with Crippen LogP contribution in [-0.4, -0.2) is 29.0 Å². The molecular formula is C27H34F2O3. The minimum Gasteiger partial charge on any atom is -0.435 e. The van der Waals surface area contributed by atoms with Crippen LogP contribution < -0.4 is 4.74 Å². The first-order valence-corrected chi connectivity index (χ1v) is 12.0. The average Bonchev–Trinajstić information content (AvgIpc) is 3.00. The summed E-state index contributed by atoms with van der Waals surface area (Å²) in [6.45, 7) is 1.84. The SMILES string of the molecule is C[C@]12CC[C@H]3[C@@H](CC=C4C[C@H](O)CC[C@@]43C)[C@@H]1C/C(=C\c1ccc(OC(F)F)cc1)[C@@H]2O. The predicted octanol–water partition coefficient (Wildman–Crippen LogP) is 5.97. The summed E-state index contributed by atoms with van der Waals surface area (Å²) in [7, 11) is 0. The molecule has 2 N–H and O–H groups in total. The van der Waals surface area contributed by atoms with Gasteiger partial charge in [-0.25, -0.2) is 0 Å². The van der Waals surface area contributed by atoms with E-state index < -0.39 is 12.7 Å². The van der Waals surface area contributed by atoms with Gasteiger partial charge in [-0.15, -0.1) is 0 Å². The van der Waals surface area contributed by atoms with Crippen LogP contribution in [0.3, 0.4) is 0 Å². The first-order chi connectivity index (χ1) is 15.2. The Hall–Kier alpha value is -1.72. The zero-order chi connectivity index (χ0) is 22.7. The van der Waals surface area contributed by atoms with E-state index in [1.54, 1.807) is 24.3 Å². The van der Waals surface area contributed by atoms with Crippen molar-refractivity contribution in [2.75, 3.05) is 0 Å². The summed E-state index contributed by atoms with van der Waals surface area (Å²) in [5.41, 5.74) is 3.47. The number of benzene rings is 1. The van der Waals surface area contributed by atoms with E-state index in [0.717, 1.165) is 56.1 Å². The van der Waals surface area contributed by atoms with Crippen molar-refractivity contribution < 1.29 is 23.7 Å². The lowest BCUT2D eigenvalue weighted by Crippen LogP contribution is -2.51. The fourth-order valence-electron chi connectivity index (χ4n) is 7.60. The minimum atomic E-state index is -2.83. The number of allylic oxidation sites excluding steroid dienone is 1. The van der Waals surface area contributed by atoms with Gasteiger partial charge in [-0.05, 0) is 91.4 Å². The minimum absolute atomic E-state index is 0.123. The highest BCUT2D eigenvalue weighted by atomic mass is 19.3. The number of hydrogen-bond donors (Lipinski definition) is 2. The van der Waals surface area contributed by atoms with Crippen molar-refractivity contribution in [1.29, 1.82) is 0 Å². The van der Waals surface area contributed by atoms with Gasteiger partial charge >= 0.3 is 6.61 Å². The fraction of sp³-hybridized carbons (Fsp3) is 0.630. The Labute approximate surface area is 189 Å². The van der Waals surface area contributed by atoms with Crippen molar-refractivity contribution in [3.8, 4) is 5.75 Å². The monoisotopic (exact) mass is 444 g/mol. The molecule has 0 spiro atoms. The van der Waals surface area contributed by atoms with Gasteiger partial charge in [0, 0.05) is 5.41 Å². The Balaban J connectivity index is 1.40. The van der Waals surface area contributed by atoms with Crippen molar-refractivity contribution in [2.45, 2.75) is 77.6 Å². The highest BCUT2D eigenvalue weighted by Crippen LogP contribution is 2.65. The van der Waals surface area contributed by atoms with Gasteiger partial charge in [-0.3, -0.25) is 0 Å². The molecule has 0 bridgehead atoms. The number of aliphatic hydroxyl groups excluding tert-OH is 2. The molecule has 4 aliphatic carbocycles. The normalized spacial score (nSPS) is 42.3. The molecule has 4 aliphatic rings. The Kier molecular flexibility index (Phi) is 5.49. The molecule has 3 fully saturated rings. The second-order valence-corrected chi connectivity index (χ2v) is 11.0. The number of fused-ring (bicyclic) bond motifs is 5. The highest BCUT2D eigenvalue weighted by molar-refractivity contribution is 5.56. The third-order valence-electron chi connectivity index (χ3n) is 9.40. The summed E-state index contributed by atoms with van der Waals surface area (Å²) in [4.78, 5) is 0. The standard InChI is InChI=1S/C27H34F2O3/c1-26-11-9-19(30)15-18(26)5-8-21-22(26)10-12-27(2)23(21)14-17(24(27)31)13-16-3-6-20(7-4-16)32-25(28)29/h3-7,13,19,21-25,30-31H,8-12,14-15H2,1-2H3/b17-13+/t19-,21-,22+,23+,24+,26+,27+/m1/s1. The number of aliphatic hydroxyl groups is 2. The largest absolute Gasteiger partial charge is 0.435 e. The lowest BCUT2D eigenvalue weighted by molar-refractivity contribution is -0.0685. The van der Waals surface area contributed by atoms with Crippen molar-refractivity contribution in [3.05, 3.63) is 47.1 Å². The van der Waals surface area contributed by atoms with E-state index >= 15 is 0 Å². The molecule has 0 unspecified atom stereocenters. The molecule has 5 heteroatoms. The maximum atomic E-state index is 12.4. The summed E-state index contributed by atoms with van der Waals surface area (Å²) in [5, 5.41) is 21.6. The zero-order valence-electron chi connectivity index (χ0n) is 18.9. The van der Waals surface area contributed by atoms with Gasteiger partial charge in [-0.2, -0.15) is 8.78 Å². The van der Waals surface area contributed by atoms with Crippen LogP contribution in [0, 0.1) is 28.6 Å². The molecule has 0 radical (unpaired) electrons. The molecule has 32 heavy (non-hydrogen) atoms. The van der Waals surface area contributed by atoms with Gasteiger partial charge < -0.3 is 14.9 Å². The highest BCUT2D eigenvalue weighted by Gasteiger charge is 2.59. The summed E-state index contributed by atoms with van der Waals surface area (Å²) < 4.78 is 29.3. The summed E-state index contributed by atoms with van der Waals surface area (Å²) in [6, 6.07) is 6.65. The van der Waals surface area contributed by atoms with Crippen molar-refractivity contribution in [1.82, 2.24) is 0 Å². The summed E-state index contributed by atoms with van der Waals surface area (Å²) in [6.07, 6.45) is 10.6. The average molecular weight is 445 g/mol. The zero-order valence-corrected chi connectivity index (χ0v) is 18.9. The van der Waals surface area contributed by atoms with Crippen molar-refractivity contribution in [3.63, 3.8) is 0 Å². The molecule has 3 nitrogen and oxygen atoms in total. The summed E-state index contributed by atoms with van der Waals surface area (Å²) in [5.74, 6) is 1.75. The molecule has 7 atom stereocenters. The molecule has 1 aromatic rings. The van der Waals surface area contributed by atoms with Crippen molar-refractivity contribution >= 4 is 6.08 Å². The van der Waals surface area contributed by atoms with E-state index in [1.165, 1.54) is 5.57 Å². The first kappa shape index (κ1) is 22.1. The third-order valence-corrected chi connectivity index (χ3v) is 9.40. The van der Waals surface area contributed by atoms with Crippen LogP contribution in [0.15, 0.2) is 41.5 Å². The van der Waals surface area contributed by atoms with E-state index in [9.17, 15) is 19.0 Å². The Bertz CT molecular complexity index is 923. The van der Waals surface area contributed by atoms with Crippen LogP contribution in [0.5, 0.6) is 5.75 Å². The molecule has 0 aliphatic heterocycles. The summed E-state index contributed by atoms with van der Waals surface area (Å²) >= 11 is 0. The van der Waals surface area contributed by atoms with E-state index in [4.69, 9.17) is 0 Å². The first-order valence-electron chi connectivity index (χ1n) is 12.0. The lowest BCUT2D eigenvalue weighted by atomic mass is 9.48. The van der Waals surface area contributed by atoms with Gasteiger partial charge in [0.25, 0.3) is 0 Å². The topological polar surface area (TPSA) is 49.7 Å². The van der Waals surface area contributed by atoms with Crippen LogP contribution >= 0.6 is 0 Å². The van der Waals surface area contributed by atoms with Gasteiger partial charge in [0.1, 0.15) is 5.75 Å². The Morgan fingerprint density at radius 2 is 1.78 bits per heavy atom. The predicted molar refractivity (Wildman–Crippen MR) is 120 cm³/mol. The van der Waals surface area contributed by atoms with Crippen LogP contribution in [0.25, 0.3) is 6.08 Å². The van der Waals surface area contributed by atoms with Crippen LogP contribution in [0.1, 0.15) is 64.4 Å². The van der Waals surface area contributed by atoms with Crippen LogP contribution in [-0.2, 0) is 0 Å². The molecular weight excluding hydrogens is 410 g/mol. The van der Waals surface area contributed by atoms with Crippen molar-refractivity contribution in [2.24, 2.45) is 28.6 Å². The molecule has 0 amide bonds. The van der Waals surface area contributed by atoms with E-state index in [0.29, 0.717) is 17.8 Å². The third kappa shape index (κ3) is 3.52. The number of halogens is 2. The fourth-order valence-corrected chi connectivity index (χ4v) is 7.60. The second-order valence-electron chi connectivity index (χ2n) is 11.0. The molecule has 0 aromatic heterocycles.